The van der Waals surface area contributed by atoms with Crippen LogP contribution in [0.25, 0.3) is 5.70 Å². The number of aliphatic imine (C=N–C) groups is 1. The summed E-state index contributed by atoms with van der Waals surface area (Å²) in [5.41, 5.74) is 1.51. The molecule has 0 aromatic heterocycles. The number of nitrogens with one attached hydrogen (secondary N) is 1. The number of aliphatic hydroxyl groups excluding tert-OH is 1. The van der Waals surface area contributed by atoms with Crippen molar-refractivity contribution in [1.29, 1.82) is 0 Å². The second-order valence-corrected chi connectivity index (χ2v) is 4.04. The fraction of sp³-hybridized carbons (Fsp3) is 0.312. The van der Waals surface area contributed by atoms with Gasteiger partial charge < -0.3 is 10.4 Å². The normalized spacial score (nSPS) is 11.2. The van der Waals surface area contributed by atoms with E-state index in [4.69, 9.17) is 5.11 Å². The molecule has 0 bridgehead atoms. The predicted molar refractivity (Wildman–Crippen MR) is 80.6 cm³/mol. The third-order valence-electron chi connectivity index (χ3n) is 2.38. The van der Waals surface area contributed by atoms with E-state index in [1.54, 1.807) is 18.3 Å². The van der Waals surface area contributed by atoms with Gasteiger partial charge in [0.2, 0.25) is 0 Å². The van der Waals surface area contributed by atoms with Crippen LogP contribution in [0.3, 0.4) is 0 Å². The van der Waals surface area contributed by atoms with Crippen molar-refractivity contribution in [3.05, 3.63) is 41.8 Å². The Kier molecular flexibility index (Phi) is 7.78. The molecule has 4 heteroatoms. The van der Waals surface area contributed by atoms with Gasteiger partial charge in [0, 0.05) is 24.7 Å². The van der Waals surface area contributed by atoms with Gasteiger partial charge in [0.15, 0.2) is 0 Å². The molecule has 3 nitrogen and oxygen atoms in total. The second-order valence-electron chi connectivity index (χ2n) is 4.04. The molecule has 0 saturated heterocycles. The summed E-state index contributed by atoms with van der Waals surface area (Å²) in [7, 11) is 0. The Balaban J connectivity index is 2.83. The van der Waals surface area contributed by atoms with Gasteiger partial charge in [-0.2, -0.15) is 0 Å². The maximum atomic E-state index is 12.9. The molecule has 0 heterocycles. The quantitative estimate of drug-likeness (QED) is 0.476. The summed E-state index contributed by atoms with van der Waals surface area (Å²) in [4.78, 5) is 4.26. The molecule has 0 fully saturated rings. The van der Waals surface area contributed by atoms with Gasteiger partial charge in [0.1, 0.15) is 5.82 Å². The lowest BCUT2D eigenvalue weighted by atomic mass is 10.1. The topological polar surface area (TPSA) is 44.6 Å². The van der Waals surface area contributed by atoms with Crippen molar-refractivity contribution >= 4 is 11.9 Å². The summed E-state index contributed by atoms with van der Waals surface area (Å²) >= 11 is 0. The van der Waals surface area contributed by atoms with Gasteiger partial charge in [-0.25, -0.2) is 9.38 Å². The molecule has 0 aliphatic carbocycles. The van der Waals surface area contributed by atoms with Crippen molar-refractivity contribution in [2.75, 3.05) is 13.2 Å². The summed E-state index contributed by atoms with van der Waals surface area (Å²) in [5.74, 6) is 5.23. The average Bonchev–Trinajstić information content (AvgIpc) is 2.46. The van der Waals surface area contributed by atoms with Crippen LogP contribution in [0.15, 0.2) is 35.5 Å². The van der Waals surface area contributed by atoms with Crippen LogP contribution in [0, 0.1) is 17.7 Å². The highest BCUT2D eigenvalue weighted by Crippen LogP contribution is 2.15. The summed E-state index contributed by atoms with van der Waals surface area (Å²) in [6.45, 7) is 2.96. The molecule has 1 aromatic carbocycles. The molecule has 0 unspecified atom stereocenters. The van der Waals surface area contributed by atoms with Crippen molar-refractivity contribution < 1.29 is 9.50 Å². The minimum Gasteiger partial charge on any atom is -0.395 e. The van der Waals surface area contributed by atoms with Crippen LogP contribution in [-0.2, 0) is 0 Å². The SMILES string of the molecule is CCCN/C=C(\N=CC#CCCO)c1ccc(F)cc1. The molecule has 0 aliphatic rings. The first kappa shape index (κ1) is 15.9. The van der Waals surface area contributed by atoms with Crippen molar-refractivity contribution in [1.82, 2.24) is 5.32 Å². The van der Waals surface area contributed by atoms with Crippen LogP contribution in [0.4, 0.5) is 4.39 Å². The lowest BCUT2D eigenvalue weighted by molar-refractivity contribution is 0.305. The fourth-order valence-corrected chi connectivity index (χ4v) is 1.40. The first-order chi connectivity index (χ1) is 9.77. The molecule has 0 spiro atoms. The average molecular weight is 274 g/mol. The van der Waals surface area contributed by atoms with Gasteiger partial charge in [-0.15, -0.1) is 0 Å². The largest absolute Gasteiger partial charge is 0.395 e. The van der Waals surface area contributed by atoms with Gasteiger partial charge >= 0.3 is 0 Å². The van der Waals surface area contributed by atoms with Crippen LogP contribution in [-0.4, -0.2) is 24.5 Å². The number of hydrogen-bond donors (Lipinski definition) is 2. The summed E-state index contributed by atoms with van der Waals surface area (Å²) in [6.07, 6.45) is 4.71. The van der Waals surface area contributed by atoms with Gasteiger partial charge in [0.25, 0.3) is 0 Å². The van der Waals surface area contributed by atoms with E-state index >= 15 is 0 Å². The smallest absolute Gasteiger partial charge is 0.123 e. The van der Waals surface area contributed by atoms with E-state index in [0.29, 0.717) is 12.1 Å². The van der Waals surface area contributed by atoms with Crippen LogP contribution < -0.4 is 5.32 Å². The molecule has 0 aliphatic heterocycles. The van der Waals surface area contributed by atoms with E-state index in [2.05, 4.69) is 29.1 Å². The van der Waals surface area contributed by atoms with Crippen molar-refractivity contribution in [2.45, 2.75) is 19.8 Å². The van der Waals surface area contributed by atoms with Crippen molar-refractivity contribution in [3.63, 3.8) is 0 Å². The van der Waals surface area contributed by atoms with E-state index < -0.39 is 0 Å². The third kappa shape index (κ3) is 6.17. The number of hydrogen-bond acceptors (Lipinski definition) is 3. The van der Waals surface area contributed by atoms with Gasteiger partial charge in [-0.1, -0.05) is 18.8 Å². The zero-order valence-corrected chi connectivity index (χ0v) is 11.6. The standard InChI is InChI=1S/C16H19FN2O/c1-2-10-18-13-16(19-11-4-3-5-12-20)14-6-8-15(17)9-7-14/h6-9,11,13,18,20H,2,5,10,12H2,1H3/b16-13-,19-11?. The molecule has 106 valence electrons. The molecule has 0 atom stereocenters. The molecule has 1 rings (SSSR count). The number of rotatable bonds is 6. The Bertz CT molecular complexity index is 510. The highest BCUT2D eigenvalue weighted by Gasteiger charge is 1.99. The third-order valence-corrected chi connectivity index (χ3v) is 2.38. The van der Waals surface area contributed by atoms with Crippen LogP contribution in [0.1, 0.15) is 25.3 Å². The van der Waals surface area contributed by atoms with E-state index in [1.165, 1.54) is 18.3 Å². The molecule has 0 amide bonds. The van der Waals surface area contributed by atoms with Crippen LogP contribution in [0.5, 0.6) is 0 Å². The summed E-state index contributed by atoms with van der Waals surface area (Å²) in [6, 6.07) is 6.15. The number of benzene rings is 1. The minimum absolute atomic E-state index is 0.0412. The van der Waals surface area contributed by atoms with E-state index in [9.17, 15) is 4.39 Å². The first-order valence-corrected chi connectivity index (χ1v) is 6.59. The molecule has 20 heavy (non-hydrogen) atoms. The number of halogens is 1. The fourth-order valence-electron chi connectivity index (χ4n) is 1.40. The van der Waals surface area contributed by atoms with Crippen LogP contribution >= 0.6 is 0 Å². The van der Waals surface area contributed by atoms with E-state index in [1.807, 2.05) is 0 Å². The van der Waals surface area contributed by atoms with Crippen molar-refractivity contribution in [3.8, 4) is 11.8 Å². The first-order valence-electron chi connectivity index (χ1n) is 6.59. The van der Waals surface area contributed by atoms with Gasteiger partial charge in [-0.05, 0) is 30.7 Å². The Labute approximate surface area is 119 Å². The summed E-state index contributed by atoms with van der Waals surface area (Å²) < 4.78 is 12.9. The summed E-state index contributed by atoms with van der Waals surface area (Å²) in [5, 5.41) is 11.8. The van der Waals surface area contributed by atoms with E-state index in [0.717, 1.165) is 18.5 Å². The molecule has 0 radical (unpaired) electrons. The molecule has 0 saturated carbocycles. The Hall–Kier alpha value is -2.12. The lowest BCUT2D eigenvalue weighted by Gasteiger charge is -2.03. The molecular weight excluding hydrogens is 255 g/mol. The number of nitrogens with zero attached hydrogens (tertiary/aromatic N) is 1. The van der Waals surface area contributed by atoms with Gasteiger partial charge in [0.05, 0.1) is 18.5 Å². The molecular formula is C16H19FN2O. The minimum atomic E-state index is -0.277. The zero-order valence-electron chi connectivity index (χ0n) is 11.6. The second kappa shape index (κ2) is 9.76. The molecule has 1 aromatic rings. The monoisotopic (exact) mass is 274 g/mol. The maximum Gasteiger partial charge on any atom is 0.123 e. The predicted octanol–water partition coefficient (Wildman–Crippen LogP) is 2.58. The van der Waals surface area contributed by atoms with Crippen LogP contribution in [0.2, 0.25) is 0 Å². The Morgan fingerprint density at radius 2 is 2.15 bits per heavy atom. The zero-order chi connectivity index (χ0) is 14.6. The highest BCUT2D eigenvalue weighted by atomic mass is 19.1. The highest BCUT2D eigenvalue weighted by molar-refractivity contribution is 5.84. The maximum absolute atomic E-state index is 12.9. The van der Waals surface area contributed by atoms with Crippen molar-refractivity contribution in [2.24, 2.45) is 4.99 Å². The molecule has 2 N–H and O–H groups in total. The van der Waals surface area contributed by atoms with E-state index in [-0.39, 0.29) is 12.4 Å². The van der Waals surface area contributed by atoms with Gasteiger partial charge in [-0.3, -0.25) is 0 Å². The Morgan fingerprint density at radius 3 is 2.80 bits per heavy atom. The lowest BCUT2D eigenvalue weighted by Crippen LogP contribution is -2.06. The number of aliphatic hydroxyl groups is 1. The Morgan fingerprint density at radius 1 is 1.40 bits per heavy atom.